The normalized spacial score (nSPS) is 22.0. The molecule has 2 aliphatic heterocycles. The number of carbonyl (C=O) groups is 1. The number of nitrogens with one attached hydrogen (secondary N) is 1. The van der Waals surface area contributed by atoms with Crippen molar-refractivity contribution in [1.29, 1.82) is 0 Å². The van der Waals surface area contributed by atoms with E-state index in [1.54, 1.807) is 4.68 Å². The number of carbonyl (C=O) groups excluding carboxylic acids is 1. The van der Waals surface area contributed by atoms with Gasteiger partial charge in [0.15, 0.2) is 0 Å². The van der Waals surface area contributed by atoms with E-state index in [4.69, 9.17) is 4.98 Å². The highest BCUT2D eigenvalue weighted by Gasteiger charge is 2.43. The Morgan fingerprint density at radius 3 is 2.71 bits per heavy atom. The van der Waals surface area contributed by atoms with Crippen LogP contribution in [-0.2, 0) is 31.4 Å². The molecule has 0 saturated carbocycles. The zero-order valence-electron chi connectivity index (χ0n) is 21.1. The van der Waals surface area contributed by atoms with Gasteiger partial charge in [-0.05, 0) is 57.5 Å². The third-order valence-electron chi connectivity index (χ3n) is 7.44. The molecule has 0 radical (unpaired) electrons. The molecule has 0 spiro atoms. The van der Waals surface area contributed by atoms with Crippen LogP contribution in [-0.4, -0.2) is 61.1 Å². The Morgan fingerprint density at radius 1 is 1.17 bits per heavy atom. The molecule has 4 heterocycles. The molecule has 0 unspecified atom stereocenters. The zero-order chi connectivity index (χ0) is 24.6. The van der Waals surface area contributed by atoms with Gasteiger partial charge in [-0.1, -0.05) is 30.3 Å². The number of hydrogen-bond donors (Lipinski definition) is 1. The largest absolute Gasteiger partial charge is 0.348 e. The van der Waals surface area contributed by atoms with Crippen molar-refractivity contribution in [2.24, 2.45) is 13.0 Å². The van der Waals surface area contributed by atoms with Gasteiger partial charge in [-0.15, -0.1) is 0 Å². The topological polar surface area (TPSA) is 79.2 Å². The quantitative estimate of drug-likeness (QED) is 0.613. The summed E-state index contributed by atoms with van der Waals surface area (Å²) in [6.45, 7) is 7.22. The molecule has 1 N–H and O–H groups in total. The van der Waals surface area contributed by atoms with Crippen LogP contribution >= 0.6 is 0 Å². The van der Waals surface area contributed by atoms with E-state index < -0.39 is 0 Å². The second kappa shape index (κ2) is 9.41. The summed E-state index contributed by atoms with van der Waals surface area (Å²) in [4.78, 5) is 27.9. The molecule has 1 aromatic carbocycles. The van der Waals surface area contributed by atoms with Gasteiger partial charge in [-0.3, -0.25) is 9.48 Å². The Morgan fingerprint density at radius 2 is 1.97 bits per heavy atom. The van der Waals surface area contributed by atoms with Gasteiger partial charge in [0.2, 0.25) is 11.9 Å². The second-order valence-corrected chi connectivity index (χ2v) is 10.6. The SMILES string of the molecule is CN1CC[C@H](C(=O)N2Cc3nc(NCc4ccn(C)n4)ncc3CC2(C)C)[C@@H](c2ccccc2)C1. The maximum Gasteiger partial charge on any atom is 0.227 e. The number of nitrogens with zero attached hydrogens (tertiary/aromatic N) is 6. The Balaban J connectivity index is 1.37. The highest BCUT2D eigenvalue weighted by atomic mass is 16.2. The van der Waals surface area contributed by atoms with E-state index in [0.717, 1.165) is 42.9 Å². The molecular formula is C27H35N7O. The van der Waals surface area contributed by atoms with E-state index in [1.807, 2.05) is 31.6 Å². The van der Waals surface area contributed by atoms with Crippen molar-refractivity contribution in [2.45, 2.75) is 51.2 Å². The standard InChI is InChI=1S/C27H35N7O/c1-27(2)14-20-15-28-26(29-16-21-10-13-33(4)31-21)30-24(20)18-34(27)25(35)22-11-12-32(3)17-23(22)19-8-6-5-7-9-19/h5-10,13,15,22-23H,11-12,14,16-18H2,1-4H3,(H,28,29,30)/t22-,23+/m0/s1. The van der Waals surface area contributed by atoms with Crippen LogP contribution in [0.1, 0.15) is 48.7 Å². The predicted octanol–water partition coefficient (Wildman–Crippen LogP) is 3.22. The number of likely N-dealkylation sites (tertiary alicyclic amines) is 1. The lowest BCUT2D eigenvalue weighted by molar-refractivity contribution is -0.145. The van der Waals surface area contributed by atoms with Crippen molar-refractivity contribution in [1.82, 2.24) is 29.5 Å². The van der Waals surface area contributed by atoms with Crippen molar-refractivity contribution >= 4 is 11.9 Å². The molecule has 0 bridgehead atoms. The molecular weight excluding hydrogens is 438 g/mol. The number of aromatic nitrogens is 4. The summed E-state index contributed by atoms with van der Waals surface area (Å²) >= 11 is 0. The molecule has 1 amide bonds. The van der Waals surface area contributed by atoms with Crippen LogP contribution in [0.25, 0.3) is 0 Å². The number of rotatable bonds is 5. The van der Waals surface area contributed by atoms with E-state index in [0.29, 0.717) is 19.0 Å². The molecule has 1 saturated heterocycles. The maximum atomic E-state index is 14.1. The van der Waals surface area contributed by atoms with Gasteiger partial charge in [-0.2, -0.15) is 5.10 Å². The molecule has 8 nitrogen and oxygen atoms in total. The lowest BCUT2D eigenvalue weighted by Gasteiger charge is -2.46. The molecule has 0 aliphatic carbocycles. The lowest BCUT2D eigenvalue weighted by atomic mass is 9.78. The third-order valence-corrected chi connectivity index (χ3v) is 7.44. The van der Waals surface area contributed by atoms with Crippen LogP contribution in [0.15, 0.2) is 48.8 Å². The maximum absolute atomic E-state index is 14.1. The van der Waals surface area contributed by atoms with E-state index in [-0.39, 0.29) is 23.3 Å². The predicted molar refractivity (Wildman–Crippen MR) is 136 cm³/mol. The zero-order valence-corrected chi connectivity index (χ0v) is 21.1. The number of amides is 1. The molecule has 3 aromatic rings. The highest BCUT2D eigenvalue weighted by molar-refractivity contribution is 5.81. The molecule has 184 valence electrons. The fourth-order valence-corrected chi connectivity index (χ4v) is 5.49. The van der Waals surface area contributed by atoms with Crippen molar-refractivity contribution in [3.05, 3.63) is 71.3 Å². The summed E-state index contributed by atoms with van der Waals surface area (Å²) in [6.07, 6.45) is 5.45. The van der Waals surface area contributed by atoms with Gasteiger partial charge in [0.1, 0.15) is 0 Å². The third kappa shape index (κ3) is 4.93. The van der Waals surface area contributed by atoms with Gasteiger partial charge in [0.25, 0.3) is 0 Å². The number of piperidine rings is 1. The lowest BCUT2D eigenvalue weighted by Crippen LogP contribution is -2.55. The number of likely N-dealkylation sites (N-methyl/N-ethyl adjacent to an activating group) is 1. The molecule has 35 heavy (non-hydrogen) atoms. The Labute approximate surface area is 207 Å². The van der Waals surface area contributed by atoms with Crippen molar-refractivity contribution in [2.75, 3.05) is 25.5 Å². The van der Waals surface area contributed by atoms with Crippen LogP contribution in [0.5, 0.6) is 0 Å². The monoisotopic (exact) mass is 473 g/mol. The first-order valence-electron chi connectivity index (χ1n) is 12.4. The first-order chi connectivity index (χ1) is 16.8. The van der Waals surface area contributed by atoms with Crippen molar-refractivity contribution in [3.8, 4) is 0 Å². The molecule has 2 atom stereocenters. The first-order valence-corrected chi connectivity index (χ1v) is 12.4. The number of benzene rings is 1. The van der Waals surface area contributed by atoms with Gasteiger partial charge >= 0.3 is 0 Å². The van der Waals surface area contributed by atoms with Gasteiger partial charge < -0.3 is 15.1 Å². The van der Waals surface area contributed by atoms with Crippen LogP contribution in [0.2, 0.25) is 0 Å². The molecule has 5 rings (SSSR count). The molecule has 2 aromatic heterocycles. The number of hydrogen-bond acceptors (Lipinski definition) is 6. The van der Waals surface area contributed by atoms with Crippen molar-refractivity contribution < 1.29 is 4.79 Å². The van der Waals surface area contributed by atoms with Gasteiger partial charge in [0, 0.05) is 43.4 Å². The fourth-order valence-electron chi connectivity index (χ4n) is 5.49. The Kier molecular flexibility index (Phi) is 6.32. The Bertz CT molecular complexity index is 1190. The second-order valence-electron chi connectivity index (χ2n) is 10.6. The molecule has 8 heteroatoms. The fraction of sp³-hybridized carbons (Fsp3) is 0.481. The molecule has 2 aliphatic rings. The van der Waals surface area contributed by atoms with Crippen LogP contribution in [0.4, 0.5) is 5.95 Å². The minimum atomic E-state index is -0.291. The average Bonchev–Trinajstić information content (AvgIpc) is 3.27. The highest BCUT2D eigenvalue weighted by Crippen LogP contribution is 2.38. The number of aryl methyl sites for hydroxylation is 1. The summed E-state index contributed by atoms with van der Waals surface area (Å²) < 4.78 is 1.78. The minimum absolute atomic E-state index is 0.0296. The van der Waals surface area contributed by atoms with E-state index in [1.165, 1.54) is 5.56 Å². The Hall–Kier alpha value is -3.26. The van der Waals surface area contributed by atoms with Gasteiger partial charge in [0.05, 0.1) is 24.5 Å². The number of anilines is 1. The summed E-state index contributed by atoms with van der Waals surface area (Å²) in [5, 5.41) is 7.68. The minimum Gasteiger partial charge on any atom is -0.348 e. The van der Waals surface area contributed by atoms with Gasteiger partial charge in [-0.25, -0.2) is 9.97 Å². The summed E-state index contributed by atoms with van der Waals surface area (Å²) in [7, 11) is 4.05. The summed E-state index contributed by atoms with van der Waals surface area (Å²) in [5.74, 6) is 0.978. The van der Waals surface area contributed by atoms with Crippen LogP contribution < -0.4 is 5.32 Å². The smallest absolute Gasteiger partial charge is 0.227 e. The van der Waals surface area contributed by atoms with Crippen LogP contribution in [0.3, 0.4) is 0 Å². The number of fused-ring (bicyclic) bond motifs is 1. The first kappa shape index (κ1) is 23.5. The average molecular weight is 474 g/mol. The molecule has 1 fully saturated rings. The van der Waals surface area contributed by atoms with Crippen LogP contribution in [0, 0.1) is 5.92 Å². The van der Waals surface area contributed by atoms with E-state index >= 15 is 0 Å². The summed E-state index contributed by atoms with van der Waals surface area (Å²) in [5.41, 5.74) is 3.93. The summed E-state index contributed by atoms with van der Waals surface area (Å²) in [6, 6.07) is 12.5. The van der Waals surface area contributed by atoms with E-state index in [2.05, 4.69) is 70.4 Å². The van der Waals surface area contributed by atoms with Crippen molar-refractivity contribution in [3.63, 3.8) is 0 Å². The van der Waals surface area contributed by atoms with E-state index in [9.17, 15) is 4.79 Å².